The molecule has 0 spiro atoms. The third-order valence-corrected chi connectivity index (χ3v) is 7.21. The Bertz CT molecular complexity index is 1440. The van der Waals surface area contributed by atoms with Gasteiger partial charge in [0.2, 0.25) is 11.8 Å². The Hall–Kier alpha value is -4.39. The van der Waals surface area contributed by atoms with E-state index in [9.17, 15) is 14.4 Å². The molecule has 2 N–H and O–H groups in total. The molecule has 0 saturated carbocycles. The molecular formula is C29H26N4O3. The number of carbonyl (C=O) groups excluding carboxylic acids is 3. The number of para-hydroxylation sites is 1. The normalized spacial score (nSPS) is 19.8. The molecule has 2 fully saturated rings. The second-order valence-electron chi connectivity index (χ2n) is 9.37. The summed E-state index contributed by atoms with van der Waals surface area (Å²) in [7, 11) is 0. The van der Waals surface area contributed by atoms with Crippen molar-refractivity contribution in [2.75, 3.05) is 19.6 Å². The summed E-state index contributed by atoms with van der Waals surface area (Å²) in [6, 6.07) is 24.1. The molecule has 3 amide bonds. The van der Waals surface area contributed by atoms with Crippen LogP contribution in [-0.2, 0) is 16.0 Å². The smallest absolute Gasteiger partial charge is 0.253 e. The van der Waals surface area contributed by atoms with E-state index in [2.05, 4.69) is 10.3 Å². The predicted molar refractivity (Wildman–Crippen MR) is 137 cm³/mol. The minimum absolute atomic E-state index is 0.0933. The molecule has 0 aliphatic carbocycles. The zero-order chi connectivity index (χ0) is 24.6. The van der Waals surface area contributed by atoms with Crippen LogP contribution in [0.25, 0.3) is 22.0 Å². The molecule has 3 heterocycles. The van der Waals surface area contributed by atoms with E-state index >= 15 is 0 Å². The number of hydrogen-bond acceptors (Lipinski definition) is 3. The average molecular weight is 479 g/mol. The van der Waals surface area contributed by atoms with E-state index in [1.165, 1.54) is 0 Å². The first-order valence-corrected chi connectivity index (χ1v) is 12.2. The number of aromatic nitrogens is 1. The highest BCUT2D eigenvalue weighted by Crippen LogP contribution is 2.24. The molecule has 3 aromatic carbocycles. The molecule has 4 aromatic rings. The van der Waals surface area contributed by atoms with E-state index in [4.69, 9.17) is 0 Å². The van der Waals surface area contributed by atoms with Gasteiger partial charge in [0.1, 0.15) is 12.1 Å². The van der Waals surface area contributed by atoms with E-state index in [1.807, 2.05) is 85.1 Å². The lowest BCUT2D eigenvalue weighted by Gasteiger charge is -2.45. The number of piperazine rings is 2. The maximum absolute atomic E-state index is 13.3. The second-order valence-corrected chi connectivity index (χ2v) is 9.37. The van der Waals surface area contributed by atoms with Gasteiger partial charge in [-0.05, 0) is 34.9 Å². The Morgan fingerprint density at radius 1 is 0.861 bits per heavy atom. The van der Waals surface area contributed by atoms with Gasteiger partial charge >= 0.3 is 0 Å². The van der Waals surface area contributed by atoms with Crippen LogP contribution in [0.15, 0.2) is 85.1 Å². The van der Waals surface area contributed by atoms with Crippen LogP contribution in [0.3, 0.4) is 0 Å². The molecule has 180 valence electrons. The third kappa shape index (κ3) is 3.92. The Kier molecular flexibility index (Phi) is 5.52. The van der Waals surface area contributed by atoms with Crippen molar-refractivity contribution in [3.63, 3.8) is 0 Å². The van der Waals surface area contributed by atoms with Crippen molar-refractivity contribution in [2.45, 2.75) is 18.5 Å². The van der Waals surface area contributed by atoms with Gasteiger partial charge < -0.3 is 20.1 Å². The fourth-order valence-electron chi connectivity index (χ4n) is 5.26. The second kappa shape index (κ2) is 9.00. The molecule has 36 heavy (non-hydrogen) atoms. The lowest BCUT2D eigenvalue weighted by molar-refractivity contribution is -0.152. The van der Waals surface area contributed by atoms with Gasteiger partial charge in [-0.2, -0.15) is 0 Å². The standard InChI is InChI=1S/C29H26N4O3/c34-27-26-18-32(28(35)21-12-10-20(11-13-21)19-6-2-1-3-7-19)14-15-33(26)29(36)25(31-27)16-22-17-30-24-9-5-4-8-23(22)24/h1-13,17,25-26,30H,14-16,18H2,(H,31,34)/t25-,26+/m0/s1. The quantitative estimate of drug-likeness (QED) is 0.472. The molecule has 0 bridgehead atoms. The highest BCUT2D eigenvalue weighted by Gasteiger charge is 2.44. The van der Waals surface area contributed by atoms with Crippen LogP contribution >= 0.6 is 0 Å². The summed E-state index contributed by atoms with van der Waals surface area (Å²) in [5, 5.41) is 3.96. The number of nitrogens with one attached hydrogen (secondary N) is 2. The van der Waals surface area contributed by atoms with E-state index in [1.54, 1.807) is 9.80 Å². The highest BCUT2D eigenvalue weighted by atomic mass is 16.2. The lowest BCUT2D eigenvalue weighted by Crippen LogP contribution is -2.70. The summed E-state index contributed by atoms with van der Waals surface area (Å²) in [5.74, 6) is -0.434. The number of rotatable bonds is 4. The van der Waals surface area contributed by atoms with E-state index in [-0.39, 0.29) is 24.3 Å². The first-order chi connectivity index (χ1) is 17.6. The van der Waals surface area contributed by atoms with Crippen molar-refractivity contribution in [1.82, 2.24) is 20.1 Å². The van der Waals surface area contributed by atoms with Gasteiger partial charge in [0.25, 0.3) is 5.91 Å². The van der Waals surface area contributed by atoms with Crippen LogP contribution in [-0.4, -0.2) is 64.2 Å². The summed E-state index contributed by atoms with van der Waals surface area (Å²) in [4.78, 5) is 46.1. The minimum Gasteiger partial charge on any atom is -0.361 e. The molecular weight excluding hydrogens is 452 g/mol. The summed E-state index contributed by atoms with van der Waals surface area (Å²) in [6.45, 7) is 0.931. The van der Waals surface area contributed by atoms with Crippen LogP contribution in [0.2, 0.25) is 0 Å². The van der Waals surface area contributed by atoms with Gasteiger partial charge in [-0.25, -0.2) is 0 Å². The van der Waals surface area contributed by atoms with Crippen LogP contribution in [0.5, 0.6) is 0 Å². The predicted octanol–water partition coefficient (Wildman–Crippen LogP) is 3.23. The van der Waals surface area contributed by atoms with Crippen molar-refractivity contribution in [2.24, 2.45) is 0 Å². The molecule has 2 atom stereocenters. The number of H-pyrrole nitrogens is 1. The number of carbonyl (C=O) groups is 3. The van der Waals surface area contributed by atoms with Gasteiger partial charge in [0.15, 0.2) is 0 Å². The highest BCUT2D eigenvalue weighted by molar-refractivity contribution is 6.00. The molecule has 0 radical (unpaired) electrons. The number of benzene rings is 3. The Morgan fingerprint density at radius 2 is 1.58 bits per heavy atom. The number of aromatic amines is 1. The van der Waals surface area contributed by atoms with Crippen LogP contribution in [0.4, 0.5) is 0 Å². The van der Waals surface area contributed by atoms with E-state index in [0.717, 1.165) is 27.6 Å². The number of fused-ring (bicyclic) bond motifs is 2. The third-order valence-electron chi connectivity index (χ3n) is 7.21. The molecule has 1 aromatic heterocycles. The average Bonchev–Trinajstić information content (AvgIpc) is 3.34. The number of hydrogen-bond donors (Lipinski definition) is 2. The lowest BCUT2D eigenvalue weighted by atomic mass is 9.98. The van der Waals surface area contributed by atoms with Gasteiger partial charge in [-0.15, -0.1) is 0 Å². The summed E-state index contributed by atoms with van der Waals surface area (Å²) in [6.07, 6.45) is 2.32. The van der Waals surface area contributed by atoms with Gasteiger partial charge in [0.05, 0.1) is 6.54 Å². The summed E-state index contributed by atoms with van der Waals surface area (Å²) >= 11 is 0. The molecule has 6 rings (SSSR count). The topological polar surface area (TPSA) is 85.5 Å². The Morgan fingerprint density at radius 3 is 2.39 bits per heavy atom. The molecule has 7 nitrogen and oxygen atoms in total. The minimum atomic E-state index is -0.669. The van der Waals surface area contributed by atoms with Crippen LogP contribution in [0.1, 0.15) is 15.9 Å². The maximum atomic E-state index is 13.3. The van der Waals surface area contributed by atoms with Crippen molar-refractivity contribution in [3.05, 3.63) is 96.2 Å². The fourth-order valence-corrected chi connectivity index (χ4v) is 5.26. The summed E-state index contributed by atoms with van der Waals surface area (Å²) < 4.78 is 0. The first-order valence-electron chi connectivity index (χ1n) is 12.2. The SMILES string of the molecule is O=C1N[C@@H](Cc2c[nH]c3ccccc23)C(=O)N2CCN(C(=O)c3ccc(-c4ccccc4)cc3)C[C@H]12. The van der Waals surface area contributed by atoms with Crippen molar-refractivity contribution in [1.29, 1.82) is 0 Å². The van der Waals surface area contributed by atoms with Crippen molar-refractivity contribution < 1.29 is 14.4 Å². The zero-order valence-corrected chi connectivity index (χ0v) is 19.7. The first kappa shape index (κ1) is 22.1. The van der Waals surface area contributed by atoms with Crippen molar-refractivity contribution in [3.8, 4) is 11.1 Å². The Labute approximate surface area is 208 Å². The number of nitrogens with zero attached hydrogens (tertiary/aromatic N) is 2. The zero-order valence-electron chi connectivity index (χ0n) is 19.7. The van der Waals surface area contributed by atoms with Gasteiger partial charge in [0, 0.05) is 42.2 Å². The molecule has 2 saturated heterocycles. The van der Waals surface area contributed by atoms with E-state index < -0.39 is 12.1 Å². The molecule has 0 unspecified atom stereocenters. The van der Waals surface area contributed by atoms with Crippen molar-refractivity contribution >= 4 is 28.6 Å². The molecule has 7 heteroatoms. The van der Waals surface area contributed by atoms with Gasteiger partial charge in [-0.3, -0.25) is 14.4 Å². The number of amides is 3. The fraction of sp³-hybridized carbons (Fsp3) is 0.207. The van der Waals surface area contributed by atoms with E-state index in [0.29, 0.717) is 25.1 Å². The molecule has 2 aliphatic rings. The van der Waals surface area contributed by atoms with Crippen LogP contribution in [0, 0.1) is 0 Å². The molecule has 2 aliphatic heterocycles. The maximum Gasteiger partial charge on any atom is 0.253 e. The van der Waals surface area contributed by atoms with Gasteiger partial charge in [-0.1, -0.05) is 60.7 Å². The van der Waals surface area contributed by atoms with Crippen LogP contribution < -0.4 is 5.32 Å². The summed E-state index contributed by atoms with van der Waals surface area (Å²) in [5.41, 5.74) is 4.70. The largest absolute Gasteiger partial charge is 0.361 e. The Balaban J connectivity index is 1.14. The monoisotopic (exact) mass is 478 g/mol.